The molecule has 0 aromatic carbocycles. The van der Waals surface area contributed by atoms with Crippen LogP contribution in [-0.4, -0.2) is 37.8 Å². The van der Waals surface area contributed by atoms with E-state index in [0.29, 0.717) is 23.5 Å². The summed E-state index contributed by atoms with van der Waals surface area (Å²) in [4.78, 5) is 15.5. The lowest BCUT2D eigenvalue weighted by molar-refractivity contribution is 0.0438. The molecule has 2 saturated carbocycles. The second-order valence-corrected chi connectivity index (χ2v) is 7.78. The molecule has 0 atom stereocenters. The number of aromatic nitrogens is 3. The first kappa shape index (κ1) is 17.3. The van der Waals surface area contributed by atoms with Crippen molar-refractivity contribution in [2.24, 2.45) is 7.05 Å². The maximum absolute atomic E-state index is 13.4. The highest BCUT2D eigenvalue weighted by Crippen LogP contribution is 2.32. The smallest absolute Gasteiger partial charge is 0.276 e. The van der Waals surface area contributed by atoms with Gasteiger partial charge in [0.25, 0.3) is 5.91 Å². The zero-order valence-electron chi connectivity index (χ0n) is 15.6. The van der Waals surface area contributed by atoms with Crippen LogP contribution in [0.25, 0.3) is 11.3 Å². The molecule has 0 radical (unpaired) electrons. The van der Waals surface area contributed by atoms with Crippen LogP contribution < -0.4 is 0 Å². The minimum atomic E-state index is 0.0442. The second-order valence-electron chi connectivity index (χ2n) is 7.78. The Bertz CT molecular complexity index is 721. The van der Waals surface area contributed by atoms with Crippen LogP contribution in [0.3, 0.4) is 0 Å². The Morgan fingerprint density at radius 1 is 1.08 bits per heavy atom. The van der Waals surface area contributed by atoms with Crippen LogP contribution in [0.4, 0.5) is 0 Å². The van der Waals surface area contributed by atoms with Crippen molar-refractivity contribution in [3.63, 3.8) is 0 Å². The van der Waals surface area contributed by atoms with E-state index in [1.807, 2.05) is 13.2 Å². The molecular weight excluding hydrogens is 328 g/mol. The highest BCUT2D eigenvalue weighted by molar-refractivity contribution is 5.93. The second kappa shape index (κ2) is 7.64. The van der Waals surface area contributed by atoms with Gasteiger partial charge < -0.3 is 9.42 Å². The summed E-state index contributed by atoms with van der Waals surface area (Å²) < 4.78 is 7.18. The van der Waals surface area contributed by atoms with Gasteiger partial charge in [-0.05, 0) is 25.7 Å². The number of carbonyl (C=O) groups excluding carboxylic acids is 1. The van der Waals surface area contributed by atoms with Crippen LogP contribution in [0.5, 0.6) is 0 Å². The van der Waals surface area contributed by atoms with Gasteiger partial charge in [0.1, 0.15) is 0 Å². The average Bonchev–Trinajstić information content (AvgIpc) is 3.33. The topological polar surface area (TPSA) is 64.2 Å². The van der Waals surface area contributed by atoms with E-state index in [1.54, 1.807) is 16.9 Å². The predicted octanol–water partition coefficient (Wildman–Crippen LogP) is 4.18. The molecule has 140 valence electrons. The molecule has 6 nitrogen and oxygen atoms in total. The fraction of sp³-hybridized carbons (Fsp3) is 0.650. The van der Waals surface area contributed by atoms with E-state index in [2.05, 4.69) is 15.2 Å². The molecule has 6 heteroatoms. The molecule has 2 aromatic rings. The van der Waals surface area contributed by atoms with Crippen molar-refractivity contribution < 1.29 is 9.32 Å². The molecule has 0 saturated heterocycles. The van der Waals surface area contributed by atoms with E-state index in [4.69, 9.17) is 4.52 Å². The third-order valence-electron chi connectivity index (χ3n) is 5.89. The van der Waals surface area contributed by atoms with Gasteiger partial charge in [-0.25, -0.2) is 0 Å². The van der Waals surface area contributed by atoms with Gasteiger partial charge in [0.05, 0.1) is 11.8 Å². The Balaban J connectivity index is 1.58. The van der Waals surface area contributed by atoms with E-state index >= 15 is 0 Å². The number of hydrogen-bond donors (Lipinski definition) is 0. The summed E-state index contributed by atoms with van der Waals surface area (Å²) in [5.41, 5.74) is 1.28. The first-order valence-corrected chi connectivity index (χ1v) is 10.0. The van der Waals surface area contributed by atoms with Gasteiger partial charge in [-0.15, -0.1) is 0 Å². The summed E-state index contributed by atoms with van der Waals surface area (Å²) in [6.07, 6.45) is 15.6. The van der Waals surface area contributed by atoms with Gasteiger partial charge in [0.2, 0.25) is 0 Å². The van der Waals surface area contributed by atoms with E-state index in [9.17, 15) is 4.79 Å². The lowest BCUT2D eigenvalue weighted by Crippen LogP contribution is -2.48. The number of nitrogens with zero attached hydrogens (tertiary/aromatic N) is 4. The van der Waals surface area contributed by atoms with Crippen LogP contribution in [0.2, 0.25) is 0 Å². The molecule has 0 unspecified atom stereocenters. The summed E-state index contributed by atoms with van der Waals surface area (Å²) in [6, 6.07) is 2.49. The molecule has 2 aromatic heterocycles. The summed E-state index contributed by atoms with van der Waals surface area (Å²) in [6.45, 7) is 0. The molecule has 2 aliphatic carbocycles. The van der Waals surface area contributed by atoms with E-state index in [1.165, 1.54) is 38.5 Å². The van der Waals surface area contributed by atoms with Gasteiger partial charge in [-0.2, -0.15) is 5.10 Å². The molecule has 2 fully saturated rings. The van der Waals surface area contributed by atoms with Gasteiger partial charge in [0.15, 0.2) is 11.5 Å². The van der Waals surface area contributed by atoms with E-state index in [-0.39, 0.29) is 5.91 Å². The van der Waals surface area contributed by atoms with Crippen molar-refractivity contribution in [3.8, 4) is 11.3 Å². The highest BCUT2D eigenvalue weighted by atomic mass is 16.5. The first-order chi connectivity index (χ1) is 12.7. The molecule has 2 heterocycles. The molecular formula is C20H28N4O2. The Morgan fingerprint density at radius 3 is 2.23 bits per heavy atom. The number of amides is 1. The number of carbonyl (C=O) groups is 1. The Kier molecular flexibility index (Phi) is 5.09. The normalized spacial score (nSPS) is 19.6. The largest absolute Gasteiger partial charge is 0.355 e. The zero-order chi connectivity index (χ0) is 17.9. The van der Waals surface area contributed by atoms with Crippen LogP contribution in [0.1, 0.15) is 74.7 Å². The van der Waals surface area contributed by atoms with Gasteiger partial charge in [-0.3, -0.25) is 9.48 Å². The summed E-state index contributed by atoms with van der Waals surface area (Å²) >= 11 is 0. The lowest BCUT2D eigenvalue weighted by Gasteiger charge is -2.41. The lowest BCUT2D eigenvalue weighted by atomic mass is 9.88. The van der Waals surface area contributed by atoms with Crippen molar-refractivity contribution >= 4 is 5.91 Å². The van der Waals surface area contributed by atoms with Crippen molar-refractivity contribution in [1.82, 2.24) is 19.8 Å². The summed E-state index contributed by atoms with van der Waals surface area (Å²) in [5, 5.41) is 8.27. The van der Waals surface area contributed by atoms with E-state index in [0.717, 1.165) is 31.2 Å². The van der Waals surface area contributed by atoms with Crippen LogP contribution in [0, 0.1) is 0 Å². The highest BCUT2D eigenvalue weighted by Gasteiger charge is 2.34. The van der Waals surface area contributed by atoms with Crippen molar-refractivity contribution in [3.05, 3.63) is 24.2 Å². The minimum Gasteiger partial charge on any atom is -0.355 e. The van der Waals surface area contributed by atoms with E-state index < -0.39 is 0 Å². The Morgan fingerprint density at radius 2 is 1.69 bits per heavy atom. The fourth-order valence-corrected chi connectivity index (χ4v) is 4.54. The minimum absolute atomic E-state index is 0.0442. The molecule has 1 amide bonds. The Labute approximate surface area is 154 Å². The molecule has 0 bridgehead atoms. The number of hydrogen-bond acceptors (Lipinski definition) is 4. The molecule has 26 heavy (non-hydrogen) atoms. The average molecular weight is 356 g/mol. The van der Waals surface area contributed by atoms with Gasteiger partial charge in [0, 0.05) is 31.4 Å². The quantitative estimate of drug-likeness (QED) is 0.824. The summed E-state index contributed by atoms with van der Waals surface area (Å²) in [5.74, 6) is 0.649. The predicted molar refractivity (Wildman–Crippen MR) is 98.6 cm³/mol. The molecule has 0 N–H and O–H groups in total. The van der Waals surface area contributed by atoms with Crippen molar-refractivity contribution in [2.75, 3.05) is 0 Å². The maximum atomic E-state index is 13.4. The Hall–Kier alpha value is -2.11. The van der Waals surface area contributed by atoms with Crippen LogP contribution in [-0.2, 0) is 7.05 Å². The molecule has 2 aliphatic rings. The zero-order valence-corrected chi connectivity index (χ0v) is 15.6. The maximum Gasteiger partial charge on any atom is 0.276 e. The molecule has 0 aliphatic heterocycles. The standard InChI is InChI=1S/C20H28N4O2/c1-23-14-15(13-21-23)19-12-18(22-26-19)20(25)24(16-8-4-2-5-9-16)17-10-6-3-7-11-17/h12-14,16-17H,2-11H2,1H3. The van der Waals surface area contributed by atoms with Crippen LogP contribution in [0.15, 0.2) is 23.0 Å². The third-order valence-corrected chi connectivity index (χ3v) is 5.89. The number of rotatable bonds is 4. The van der Waals surface area contributed by atoms with Gasteiger partial charge in [-0.1, -0.05) is 43.7 Å². The number of aryl methyl sites for hydroxylation is 1. The summed E-state index contributed by atoms with van der Waals surface area (Å²) in [7, 11) is 1.86. The van der Waals surface area contributed by atoms with Crippen LogP contribution >= 0.6 is 0 Å². The molecule has 4 rings (SSSR count). The SMILES string of the molecule is Cn1cc(-c2cc(C(=O)N(C3CCCCC3)C3CCCCC3)no2)cn1. The monoisotopic (exact) mass is 356 g/mol. The van der Waals surface area contributed by atoms with Gasteiger partial charge >= 0.3 is 0 Å². The fourth-order valence-electron chi connectivity index (χ4n) is 4.54. The first-order valence-electron chi connectivity index (χ1n) is 10.0. The third kappa shape index (κ3) is 3.55. The van der Waals surface area contributed by atoms with Crippen molar-refractivity contribution in [2.45, 2.75) is 76.3 Å². The van der Waals surface area contributed by atoms with Crippen molar-refractivity contribution in [1.29, 1.82) is 0 Å². The molecule has 0 spiro atoms.